The van der Waals surface area contributed by atoms with E-state index in [0.717, 1.165) is 36.6 Å². The maximum absolute atomic E-state index is 9.52. The van der Waals surface area contributed by atoms with Gasteiger partial charge >= 0.3 is 0 Å². The third-order valence-corrected chi connectivity index (χ3v) is 4.55. The molecule has 25 heavy (non-hydrogen) atoms. The molecule has 1 aliphatic heterocycles. The van der Waals surface area contributed by atoms with E-state index in [2.05, 4.69) is 37.1 Å². The van der Waals surface area contributed by atoms with Gasteiger partial charge in [0, 0.05) is 32.4 Å². The van der Waals surface area contributed by atoms with Crippen LogP contribution in [0.25, 0.3) is 0 Å². The summed E-state index contributed by atoms with van der Waals surface area (Å²) in [7, 11) is 0. The lowest BCUT2D eigenvalue weighted by Crippen LogP contribution is -2.32. The number of aryl methyl sites for hydroxylation is 1. The summed E-state index contributed by atoms with van der Waals surface area (Å²) in [6.45, 7) is 6.78. The van der Waals surface area contributed by atoms with Crippen molar-refractivity contribution < 1.29 is 0 Å². The van der Waals surface area contributed by atoms with E-state index >= 15 is 0 Å². The van der Waals surface area contributed by atoms with Crippen LogP contribution in [-0.2, 0) is 0 Å². The van der Waals surface area contributed by atoms with Crippen LogP contribution in [0.5, 0.6) is 0 Å². The number of aromatic nitrogens is 3. The van der Waals surface area contributed by atoms with E-state index in [-0.39, 0.29) is 0 Å². The van der Waals surface area contributed by atoms with Gasteiger partial charge in [-0.25, -0.2) is 4.98 Å². The van der Waals surface area contributed by atoms with Crippen LogP contribution >= 0.6 is 0 Å². The topological polar surface area (TPSA) is 92.7 Å². The molecule has 7 nitrogen and oxygen atoms in total. The normalized spacial score (nSPS) is 14.6. The van der Waals surface area contributed by atoms with Gasteiger partial charge in [-0.3, -0.25) is 0 Å². The molecule has 1 saturated heterocycles. The molecule has 3 heterocycles. The molecule has 2 aromatic heterocycles. The van der Waals surface area contributed by atoms with Crippen LogP contribution in [0.4, 0.5) is 11.6 Å². The van der Waals surface area contributed by atoms with E-state index in [9.17, 15) is 10.5 Å². The molecule has 3 rings (SSSR count). The highest BCUT2D eigenvalue weighted by Gasteiger charge is 2.22. The Morgan fingerprint density at radius 1 is 0.960 bits per heavy atom. The van der Waals surface area contributed by atoms with Crippen molar-refractivity contribution in [2.24, 2.45) is 0 Å². The minimum Gasteiger partial charge on any atom is -0.354 e. The van der Waals surface area contributed by atoms with E-state index in [1.165, 1.54) is 0 Å². The van der Waals surface area contributed by atoms with Crippen molar-refractivity contribution in [1.82, 2.24) is 15.2 Å². The van der Waals surface area contributed by atoms with Crippen molar-refractivity contribution in [3.8, 4) is 12.1 Å². The Hall–Kier alpha value is -3.19. The van der Waals surface area contributed by atoms with Gasteiger partial charge in [-0.15, -0.1) is 5.10 Å². The van der Waals surface area contributed by atoms with Gasteiger partial charge in [-0.05, 0) is 38.0 Å². The van der Waals surface area contributed by atoms with Crippen molar-refractivity contribution >= 4 is 11.6 Å². The molecule has 0 unspecified atom stereocenters. The van der Waals surface area contributed by atoms with Crippen molar-refractivity contribution in [3.63, 3.8) is 0 Å². The molecule has 1 fully saturated rings. The molecule has 0 aromatic carbocycles. The van der Waals surface area contributed by atoms with E-state index in [1.54, 1.807) is 18.3 Å². The van der Waals surface area contributed by atoms with Crippen molar-refractivity contribution in [3.05, 3.63) is 40.7 Å². The molecule has 0 bridgehead atoms. The minimum absolute atomic E-state index is 0.583. The van der Waals surface area contributed by atoms with Gasteiger partial charge in [-0.2, -0.15) is 15.6 Å². The van der Waals surface area contributed by atoms with Gasteiger partial charge in [0.2, 0.25) is 0 Å². The van der Waals surface area contributed by atoms with E-state index in [4.69, 9.17) is 0 Å². The Morgan fingerprint density at radius 2 is 1.68 bits per heavy atom. The zero-order valence-electron chi connectivity index (χ0n) is 14.4. The number of hydrogen-bond acceptors (Lipinski definition) is 7. The Bertz CT molecular complexity index is 863. The summed E-state index contributed by atoms with van der Waals surface area (Å²) in [6, 6.07) is 8.03. The molecule has 2 aromatic rings. The number of nitriles is 2. The Balaban J connectivity index is 1.85. The fourth-order valence-electron chi connectivity index (χ4n) is 3.03. The monoisotopic (exact) mass is 333 g/mol. The first-order valence-corrected chi connectivity index (χ1v) is 8.24. The van der Waals surface area contributed by atoms with Gasteiger partial charge < -0.3 is 9.80 Å². The molecule has 126 valence electrons. The number of rotatable bonds is 2. The molecular formula is C18H19N7. The van der Waals surface area contributed by atoms with Gasteiger partial charge in [0.05, 0.1) is 11.3 Å². The van der Waals surface area contributed by atoms with Crippen LogP contribution in [-0.4, -0.2) is 41.4 Å². The van der Waals surface area contributed by atoms with E-state index in [0.29, 0.717) is 30.0 Å². The maximum Gasteiger partial charge on any atom is 0.169 e. The smallest absolute Gasteiger partial charge is 0.169 e. The average molecular weight is 333 g/mol. The summed E-state index contributed by atoms with van der Waals surface area (Å²) in [5, 5.41) is 27.3. The van der Waals surface area contributed by atoms with Crippen LogP contribution in [0.3, 0.4) is 0 Å². The number of anilines is 2. The molecule has 0 spiro atoms. The number of pyridine rings is 1. The molecule has 0 N–H and O–H groups in total. The minimum atomic E-state index is 0.583. The summed E-state index contributed by atoms with van der Waals surface area (Å²) in [5.41, 5.74) is 2.84. The summed E-state index contributed by atoms with van der Waals surface area (Å²) in [4.78, 5) is 8.60. The molecule has 0 amide bonds. The van der Waals surface area contributed by atoms with Crippen LogP contribution in [0.1, 0.15) is 28.8 Å². The second kappa shape index (κ2) is 7.14. The molecule has 0 aliphatic carbocycles. The van der Waals surface area contributed by atoms with E-state index < -0.39 is 0 Å². The quantitative estimate of drug-likeness (QED) is 0.829. The zero-order chi connectivity index (χ0) is 17.8. The van der Waals surface area contributed by atoms with Gasteiger partial charge in [0.25, 0.3) is 0 Å². The van der Waals surface area contributed by atoms with Crippen molar-refractivity contribution in [2.45, 2.75) is 20.3 Å². The third kappa shape index (κ3) is 3.22. The first kappa shape index (κ1) is 16.7. The second-order valence-electron chi connectivity index (χ2n) is 6.03. The molecule has 1 aliphatic rings. The van der Waals surface area contributed by atoms with Gasteiger partial charge in [0.15, 0.2) is 5.82 Å². The summed E-state index contributed by atoms with van der Waals surface area (Å²) >= 11 is 0. The fourth-order valence-corrected chi connectivity index (χ4v) is 3.03. The zero-order valence-corrected chi connectivity index (χ0v) is 14.4. The first-order valence-electron chi connectivity index (χ1n) is 8.24. The highest BCUT2D eigenvalue weighted by Crippen LogP contribution is 2.24. The fraction of sp³-hybridized carbons (Fsp3) is 0.389. The molecule has 0 saturated carbocycles. The predicted octanol–water partition coefficient (Wildman–Crippen LogP) is 1.95. The molecule has 7 heteroatoms. The SMILES string of the molecule is Cc1nnc(N2CCCN(c3ncccc3C#N)CC2)c(C#N)c1C. The Kier molecular flexibility index (Phi) is 4.76. The van der Waals surface area contributed by atoms with Crippen molar-refractivity contribution in [1.29, 1.82) is 10.5 Å². The lowest BCUT2D eigenvalue weighted by molar-refractivity contribution is 0.778. The second-order valence-corrected chi connectivity index (χ2v) is 6.03. The van der Waals surface area contributed by atoms with Crippen LogP contribution < -0.4 is 9.80 Å². The molecule has 0 atom stereocenters. The summed E-state index contributed by atoms with van der Waals surface area (Å²) in [5.74, 6) is 1.37. The van der Waals surface area contributed by atoms with Crippen LogP contribution in [0.2, 0.25) is 0 Å². The largest absolute Gasteiger partial charge is 0.354 e. The Labute approximate surface area is 147 Å². The molecular weight excluding hydrogens is 314 g/mol. The van der Waals surface area contributed by atoms with Crippen LogP contribution in [0.15, 0.2) is 18.3 Å². The highest BCUT2D eigenvalue weighted by atomic mass is 15.3. The highest BCUT2D eigenvalue weighted by molar-refractivity contribution is 5.58. The third-order valence-electron chi connectivity index (χ3n) is 4.55. The van der Waals surface area contributed by atoms with E-state index in [1.807, 2.05) is 13.8 Å². The summed E-state index contributed by atoms with van der Waals surface area (Å²) in [6.07, 6.45) is 2.60. The number of hydrogen-bond donors (Lipinski definition) is 0. The summed E-state index contributed by atoms with van der Waals surface area (Å²) < 4.78 is 0. The van der Waals surface area contributed by atoms with Gasteiger partial charge in [-0.1, -0.05) is 0 Å². The lowest BCUT2D eigenvalue weighted by atomic mass is 10.1. The standard InChI is InChI=1S/C18H19N7/c1-13-14(2)22-23-18(16(13)12-20)25-8-4-7-24(9-10-25)17-15(11-19)5-3-6-21-17/h3,5-6H,4,7-10H2,1-2H3. The average Bonchev–Trinajstić information content (AvgIpc) is 2.89. The lowest BCUT2D eigenvalue weighted by Gasteiger charge is -2.24. The van der Waals surface area contributed by atoms with Crippen molar-refractivity contribution in [2.75, 3.05) is 36.0 Å². The Morgan fingerprint density at radius 3 is 2.36 bits per heavy atom. The maximum atomic E-state index is 9.52. The van der Waals surface area contributed by atoms with Gasteiger partial charge in [0.1, 0.15) is 23.5 Å². The predicted molar refractivity (Wildman–Crippen MR) is 94.2 cm³/mol. The number of nitrogens with zero attached hydrogens (tertiary/aromatic N) is 7. The van der Waals surface area contributed by atoms with Crippen LogP contribution in [0, 0.1) is 36.5 Å². The molecule has 0 radical (unpaired) electrons. The first-order chi connectivity index (χ1) is 12.2.